The van der Waals surface area contributed by atoms with Gasteiger partial charge in [0.05, 0.1) is 15.2 Å². The molecule has 2 aromatic rings. The van der Waals surface area contributed by atoms with E-state index in [0.29, 0.717) is 5.69 Å². The molecule has 0 bridgehead atoms. The van der Waals surface area contributed by atoms with Gasteiger partial charge in [-0.1, -0.05) is 0 Å². The monoisotopic (exact) mass is 311 g/mol. The third-order valence-corrected chi connectivity index (χ3v) is 5.52. The van der Waals surface area contributed by atoms with Crippen molar-refractivity contribution in [1.82, 2.24) is 4.98 Å². The van der Waals surface area contributed by atoms with Crippen LogP contribution in [0.2, 0.25) is 0 Å². The number of amides is 1. The van der Waals surface area contributed by atoms with E-state index in [0.717, 1.165) is 15.2 Å². The standard InChI is InChI=1S/C12H13N3O3S2/c1-7-14-10-3-2-8(4-11(10)19-7)15-6-9(5-12(15)16)20(13,17)18/h2-4,9H,5-6H2,1H3,(H2,13,17,18). The van der Waals surface area contributed by atoms with Crippen LogP contribution in [0.1, 0.15) is 11.4 Å². The Morgan fingerprint density at radius 3 is 2.85 bits per heavy atom. The number of anilines is 1. The van der Waals surface area contributed by atoms with Gasteiger partial charge < -0.3 is 4.90 Å². The van der Waals surface area contributed by atoms with Gasteiger partial charge in [-0.25, -0.2) is 18.5 Å². The molecule has 1 aromatic heterocycles. The molecular weight excluding hydrogens is 298 g/mol. The lowest BCUT2D eigenvalue weighted by Crippen LogP contribution is -2.32. The van der Waals surface area contributed by atoms with Crippen molar-refractivity contribution in [3.05, 3.63) is 23.2 Å². The van der Waals surface area contributed by atoms with Crippen LogP contribution in [0.5, 0.6) is 0 Å². The zero-order chi connectivity index (χ0) is 14.5. The molecule has 1 fully saturated rings. The van der Waals surface area contributed by atoms with Crippen molar-refractivity contribution in [2.75, 3.05) is 11.4 Å². The molecule has 1 aliphatic heterocycles. The van der Waals surface area contributed by atoms with Crippen LogP contribution < -0.4 is 10.0 Å². The van der Waals surface area contributed by atoms with Crippen LogP contribution in [-0.4, -0.2) is 31.1 Å². The molecule has 1 aliphatic rings. The van der Waals surface area contributed by atoms with Gasteiger partial charge in [0, 0.05) is 18.7 Å². The Hall–Kier alpha value is -1.51. The molecule has 20 heavy (non-hydrogen) atoms. The van der Waals surface area contributed by atoms with E-state index < -0.39 is 15.3 Å². The first-order valence-electron chi connectivity index (χ1n) is 6.04. The molecule has 0 spiro atoms. The summed E-state index contributed by atoms with van der Waals surface area (Å²) < 4.78 is 23.7. The Morgan fingerprint density at radius 2 is 2.20 bits per heavy atom. The maximum absolute atomic E-state index is 12.0. The summed E-state index contributed by atoms with van der Waals surface area (Å²) in [5, 5.41) is 5.25. The van der Waals surface area contributed by atoms with E-state index in [2.05, 4.69) is 4.98 Å². The Labute approximate surface area is 120 Å². The van der Waals surface area contributed by atoms with E-state index in [9.17, 15) is 13.2 Å². The SMILES string of the molecule is Cc1nc2ccc(N3CC(S(N)(=O)=O)CC3=O)cc2s1. The number of carbonyl (C=O) groups is 1. The van der Waals surface area contributed by atoms with E-state index in [1.54, 1.807) is 17.4 Å². The van der Waals surface area contributed by atoms with Gasteiger partial charge in [-0.15, -0.1) is 11.3 Å². The molecule has 1 saturated heterocycles. The fourth-order valence-corrected chi connectivity index (χ4v) is 3.93. The normalized spacial score (nSPS) is 20.0. The molecule has 0 aliphatic carbocycles. The smallest absolute Gasteiger partial charge is 0.228 e. The topological polar surface area (TPSA) is 93.4 Å². The van der Waals surface area contributed by atoms with Crippen LogP contribution in [-0.2, 0) is 14.8 Å². The molecule has 0 radical (unpaired) electrons. The minimum atomic E-state index is -3.69. The fourth-order valence-electron chi connectivity index (χ4n) is 2.34. The van der Waals surface area contributed by atoms with Gasteiger partial charge in [0.25, 0.3) is 0 Å². The summed E-state index contributed by atoms with van der Waals surface area (Å²) in [6, 6.07) is 5.49. The largest absolute Gasteiger partial charge is 0.311 e. The number of hydrogen-bond acceptors (Lipinski definition) is 5. The zero-order valence-electron chi connectivity index (χ0n) is 10.7. The average molecular weight is 311 g/mol. The second-order valence-electron chi connectivity index (χ2n) is 4.80. The van der Waals surface area contributed by atoms with E-state index in [1.807, 2.05) is 19.1 Å². The molecule has 1 unspecified atom stereocenters. The van der Waals surface area contributed by atoms with E-state index in [1.165, 1.54) is 4.90 Å². The number of fused-ring (bicyclic) bond motifs is 1. The first-order valence-corrected chi connectivity index (χ1v) is 8.46. The number of benzene rings is 1. The maximum Gasteiger partial charge on any atom is 0.228 e. The van der Waals surface area contributed by atoms with E-state index >= 15 is 0 Å². The van der Waals surface area contributed by atoms with Crippen LogP contribution in [0, 0.1) is 6.92 Å². The Bertz CT molecular complexity index is 797. The predicted molar refractivity (Wildman–Crippen MR) is 78.2 cm³/mol. The third-order valence-electron chi connectivity index (χ3n) is 3.34. The number of primary sulfonamides is 1. The summed E-state index contributed by atoms with van der Waals surface area (Å²) in [5.41, 5.74) is 1.57. The summed E-state index contributed by atoms with van der Waals surface area (Å²) in [5.74, 6) is -0.218. The average Bonchev–Trinajstić information content (AvgIpc) is 2.89. The number of rotatable bonds is 2. The highest BCUT2D eigenvalue weighted by molar-refractivity contribution is 7.89. The number of aromatic nitrogens is 1. The van der Waals surface area contributed by atoms with Crippen molar-refractivity contribution < 1.29 is 13.2 Å². The predicted octanol–water partition coefficient (Wildman–Crippen LogP) is 0.999. The van der Waals surface area contributed by atoms with Gasteiger partial charge in [-0.3, -0.25) is 4.79 Å². The zero-order valence-corrected chi connectivity index (χ0v) is 12.4. The fraction of sp³-hybridized carbons (Fsp3) is 0.333. The van der Waals surface area contributed by atoms with E-state index in [-0.39, 0.29) is 18.9 Å². The molecule has 6 nitrogen and oxygen atoms in total. The van der Waals surface area contributed by atoms with Gasteiger partial charge in [-0.2, -0.15) is 0 Å². The van der Waals surface area contributed by atoms with Crippen molar-refractivity contribution in [1.29, 1.82) is 0 Å². The van der Waals surface area contributed by atoms with Crippen LogP contribution in [0.4, 0.5) is 5.69 Å². The highest BCUT2D eigenvalue weighted by Crippen LogP contribution is 2.30. The second kappa shape index (κ2) is 4.51. The van der Waals surface area contributed by atoms with Gasteiger partial charge in [0.1, 0.15) is 5.25 Å². The molecule has 0 saturated carbocycles. The molecule has 1 amide bonds. The van der Waals surface area contributed by atoms with Crippen molar-refractivity contribution in [3.8, 4) is 0 Å². The molecule has 3 rings (SSSR count). The minimum absolute atomic E-state index is 0.0570. The van der Waals surface area contributed by atoms with Gasteiger partial charge in [0.15, 0.2) is 0 Å². The van der Waals surface area contributed by atoms with Crippen molar-refractivity contribution in [3.63, 3.8) is 0 Å². The van der Waals surface area contributed by atoms with Gasteiger partial charge in [0.2, 0.25) is 15.9 Å². The number of aryl methyl sites for hydroxylation is 1. The maximum atomic E-state index is 12.0. The lowest BCUT2D eigenvalue weighted by Gasteiger charge is -2.16. The number of sulfonamides is 1. The molecule has 1 atom stereocenters. The van der Waals surface area contributed by atoms with E-state index in [4.69, 9.17) is 5.14 Å². The van der Waals surface area contributed by atoms with Crippen molar-refractivity contribution in [2.24, 2.45) is 5.14 Å². The molecule has 2 N–H and O–H groups in total. The molecule has 106 valence electrons. The van der Waals surface area contributed by atoms with Crippen LogP contribution in [0.15, 0.2) is 18.2 Å². The lowest BCUT2D eigenvalue weighted by molar-refractivity contribution is -0.117. The third kappa shape index (κ3) is 2.30. The molecule has 8 heteroatoms. The summed E-state index contributed by atoms with van der Waals surface area (Å²) >= 11 is 1.54. The first-order chi connectivity index (χ1) is 9.34. The number of nitrogens with two attached hydrogens (primary N) is 1. The molecule has 2 heterocycles. The van der Waals surface area contributed by atoms with Gasteiger partial charge in [-0.05, 0) is 25.1 Å². The highest BCUT2D eigenvalue weighted by atomic mass is 32.2. The molecular formula is C12H13N3O3S2. The van der Waals surface area contributed by atoms with Crippen LogP contribution >= 0.6 is 11.3 Å². The Balaban J connectivity index is 1.97. The second-order valence-corrected chi connectivity index (χ2v) is 7.88. The van der Waals surface area contributed by atoms with Crippen molar-refractivity contribution in [2.45, 2.75) is 18.6 Å². The Kier molecular flexibility index (Phi) is 3.03. The Morgan fingerprint density at radius 1 is 1.45 bits per heavy atom. The summed E-state index contributed by atoms with van der Waals surface area (Å²) in [7, 11) is -3.69. The summed E-state index contributed by atoms with van der Waals surface area (Å²) in [4.78, 5) is 17.8. The number of nitrogens with zero attached hydrogens (tertiary/aromatic N) is 2. The number of carbonyl (C=O) groups excluding carboxylic acids is 1. The van der Waals surface area contributed by atoms with Crippen LogP contribution in [0.3, 0.4) is 0 Å². The summed E-state index contributed by atoms with van der Waals surface area (Å²) in [6.45, 7) is 2.03. The minimum Gasteiger partial charge on any atom is -0.311 e. The highest BCUT2D eigenvalue weighted by Gasteiger charge is 2.37. The quantitative estimate of drug-likeness (QED) is 0.895. The lowest BCUT2D eigenvalue weighted by atomic mass is 10.3. The number of thiazole rings is 1. The molecule has 1 aromatic carbocycles. The van der Waals surface area contributed by atoms with Crippen molar-refractivity contribution >= 4 is 43.2 Å². The first kappa shape index (κ1) is 13.5. The van der Waals surface area contributed by atoms with Crippen LogP contribution in [0.25, 0.3) is 10.2 Å². The van der Waals surface area contributed by atoms with Gasteiger partial charge >= 0.3 is 0 Å². The number of hydrogen-bond donors (Lipinski definition) is 1. The summed E-state index contributed by atoms with van der Waals surface area (Å²) in [6.07, 6.45) is -0.0570.